The van der Waals surface area contributed by atoms with Gasteiger partial charge >= 0.3 is 0 Å². The summed E-state index contributed by atoms with van der Waals surface area (Å²) >= 11 is 0. The summed E-state index contributed by atoms with van der Waals surface area (Å²) in [6.45, 7) is 2.16. The summed E-state index contributed by atoms with van der Waals surface area (Å²) in [6, 6.07) is 12.7. The lowest BCUT2D eigenvalue weighted by atomic mass is 10.1. The van der Waals surface area contributed by atoms with E-state index >= 15 is 0 Å². The van der Waals surface area contributed by atoms with Crippen molar-refractivity contribution in [3.8, 4) is 11.8 Å². The largest absolute Gasteiger partial charge is 0.494 e. The number of nitrogens with zero attached hydrogens (tertiary/aromatic N) is 1. The second kappa shape index (κ2) is 6.07. The number of ether oxygens (including phenoxy) is 1. The molecule has 3 nitrogen and oxygen atoms in total. The molecule has 0 amide bonds. The van der Waals surface area contributed by atoms with Gasteiger partial charge in [0.15, 0.2) is 11.6 Å². The van der Waals surface area contributed by atoms with Crippen LogP contribution in [0.3, 0.4) is 0 Å². The molecule has 0 spiro atoms. The Balaban J connectivity index is 2.22. The van der Waals surface area contributed by atoms with E-state index in [-0.39, 0.29) is 11.6 Å². The van der Waals surface area contributed by atoms with E-state index in [2.05, 4.69) is 11.4 Å². The third-order valence-electron chi connectivity index (χ3n) is 3.12. The van der Waals surface area contributed by atoms with Crippen molar-refractivity contribution in [2.24, 2.45) is 0 Å². The van der Waals surface area contributed by atoms with Gasteiger partial charge in [-0.25, -0.2) is 4.39 Å². The predicted octanol–water partition coefficient (Wildman–Crippen LogP) is 3.63. The Kier molecular flexibility index (Phi) is 4.21. The van der Waals surface area contributed by atoms with Crippen molar-refractivity contribution in [2.75, 3.05) is 12.4 Å². The smallest absolute Gasteiger partial charge is 0.170 e. The lowest BCUT2D eigenvalue weighted by Crippen LogP contribution is -2.05. The summed E-state index contributed by atoms with van der Waals surface area (Å²) in [4.78, 5) is 0. The van der Waals surface area contributed by atoms with E-state index in [4.69, 9.17) is 10.00 Å². The molecular formula is C16H15FN2O. The maximum Gasteiger partial charge on any atom is 0.170 e. The van der Waals surface area contributed by atoms with E-state index in [1.54, 1.807) is 18.2 Å². The van der Waals surface area contributed by atoms with Crippen LogP contribution in [-0.4, -0.2) is 7.11 Å². The number of anilines is 1. The molecule has 102 valence electrons. The zero-order chi connectivity index (χ0) is 14.5. The molecule has 0 bridgehead atoms. The first-order chi connectivity index (χ1) is 9.67. The van der Waals surface area contributed by atoms with E-state index in [9.17, 15) is 4.39 Å². The van der Waals surface area contributed by atoms with Gasteiger partial charge in [0.25, 0.3) is 0 Å². The van der Waals surface area contributed by atoms with Gasteiger partial charge < -0.3 is 10.1 Å². The first kappa shape index (κ1) is 13.9. The zero-order valence-electron chi connectivity index (χ0n) is 11.4. The fourth-order valence-electron chi connectivity index (χ4n) is 2.00. The van der Waals surface area contributed by atoms with Gasteiger partial charge in [0.05, 0.1) is 18.4 Å². The molecule has 0 aliphatic carbocycles. The number of nitrogens with one attached hydrogen (secondary N) is 1. The standard InChI is InChI=1S/C16H15FN2O/c1-11-5-3-7-14(13(11)9-18)19-10-12-6-4-8-15(20-2)16(12)17/h3-8,19H,10H2,1-2H3. The number of halogens is 1. The number of benzene rings is 2. The molecule has 2 rings (SSSR count). The molecule has 0 unspecified atom stereocenters. The number of hydrogen-bond acceptors (Lipinski definition) is 3. The Hall–Kier alpha value is -2.54. The van der Waals surface area contributed by atoms with Crippen LogP contribution in [0.2, 0.25) is 0 Å². The molecule has 0 saturated heterocycles. The summed E-state index contributed by atoms with van der Waals surface area (Å²) in [5.41, 5.74) is 2.67. The Morgan fingerprint density at radius 3 is 2.70 bits per heavy atom. The summed E-state index contributed by atoms with van der Waals surface area (Å²) < 4.78 is 19.0. The molecule has 0 aromatic heterocycles. The van der Waals surface area contributed by atoms with Gasteiger partial charge in [0.2, 0.25) is 0 Å². The van der Waals surface area contributed by atoms with Gasteiger partial charge in [-0.2, -0.15) is 5.26 Å². The Morgan fingerprint density at radius 2 is 2.00 bits per heavy atom. The van der Waals surface area contributed by atoms with E-state index in [0.717, 1.165) is 5.56 Å². The molecule has 0 heterocycles. The summed E-state index contributed by atoms with van der Waals surface area (Å²) in [7, 11) is 1.43. The van der Waals surface area contributed by atoms with Gasteiger partial charge in [-0.1, -0.05) is 24.3 Å². The van der Waals surface area contributed by atoms with Crippen LogP contribution in [0.1, 0.15) is 16.7 Å². The zero-order valence-corrected chi connectivity index (χ0v) is 11.4. The van der Waals surface area contributed by atoms with Gasteiger partial charge in [-0.3, -0.25) is 0 Å². The van der Waals surface area contributed by atoms with E-state index in [1.807, 2.05) is 25.1 Å². The lowest BCUT2D eigenvalue weighted by molar-refractivity contribution is 0.384. The first-order valence-corrected chi connectivity index (χ1v) is 6.22. The molecular weight excluding hydrogens is 255 g/mol. The van der Waals surface area contributed by atoms with Crippen molar-refractivity contribution in [1.29, 1.82) is 5.26 Å². The highest BCUT2D eigenvalue weighted by atomic mass is 19.1. The fraction of sp³-hybridized carbons (Fsp3) is 0.188. The van der Waals surface area contributed by atoms with Crippen LogP contribution in [0.15, 0.2) is 36.4 Å². The molecule has 0 radical (unpaired) electrons. The highest BCUT2D eigenvalue weighted by Gasteiger charge is 2.09. The monoisotopic (exact) mass is 270 g/mol. The van der Waals surface area contributed by atoms with Crippen molar-refractivity contribution in [1.82, 2.24) is 0 Å². The van der Waals surface area contributed by atoms with Gasteiger partial charge in [0.1, 0.15) is 6.07 Å². The normalized spacial score (nSPS) is 9.90. The topological polar surface area (TPSA) is 45.0 Å². The minimum atomic E-state index is -0.381. The second-order valence-corrected chi connectivity index (χ2v) is 4.40. The SMILES string of the molecule is COc1cccc(CNc2cccc(C)c2C#N)c1F. The predicted molar refractivity (Wildman–Crippen MR) is 76.2 cm³/mol. The molecule has 0 saturated carbocycles. The van der Waals surface area contributed by atoms with Crippen LogP contribution >= 0.6 is 0 Å². The van der Waals surface area contributed by atoms with Crippen LogP contribution in [0.25, 0.3) is 0 Å². The third-order valence-corrected chi connectivity index (χ3v) is 3.12. The molecule has 0 aliphatic heterocycles. The molecule has 0 aliphatic rings. The van der Waals surface area contributed by atoms with E-state index in [1.165, 1.54) is 7.11 Å². The molecule has 2 aromatic rings. The molecule has 4 heteroatoms. The van der Waals surface area contributed by atoms with Crippen molar-refractivity contribution in [2.45, 2.75) is 13.5 Å². The third kappa shape index (κ3) is 2.72. The van der Waals surface area contributed by atoms with Crippen molar-refractivity contribution < 1.29 is 9.13 Å². The summed E-state index contributed by atoms with van der Waals surface area (Å²) in [5, 5.41) is 12.2. The van der Waals surface area contributed by atoms with Crippen LogP contribution in [0.4, 0.5) is 10.1 Å². The van der Waals surface area contributed by atoms with Gasteiger partial charge in [-0.15, -0.1) is 0 Å². The lowest BCUT2D eigenvalue weighted by Gasteiger charge is -2.11. The highest BCUT2D eigenvalue weighted by Crippen LogP contribution is 2.23. The van der Waals surface area contributed by atoms with Crippen LogP contribution in [-0.2, 0) is 6.54 Å². The number of hydrogen-bond donors (Lipinski definition) is 1. The molecule has 1 N–H and O–H groups in total. The number of nitriles is 1. The quantitative estimate of drug-likeness (QED) is 0.922. The summed E-state index contributed by atoms with van der Waals surface area (Å²) in [6.07, 6.45) is 0. The Labute approximate surface area is 117 Å². The maximum absolute atomic E-state index is 14.0. The minimum Gasteiger partial charge on any atom is -0.494 e. The van der Waals surface area contributed by atoms with Crippen molar-refractivity contribution in [3.05, 3.63) is 58.9 Å². The van der Waals surface area contributed by atoms with E-state index in [0.29, 0.717) is 23.4 Å². The van der Waals surface area contributed by atoms with Crippen LogP contribution in [0.5, 0.6) is 5.75 Å². The minimum absolute atomic E-state index is 0.217. The van der Waals surface area contributed by atoms with Crippen molar-refractivity contribution in [3.63, 3.8) is 0 Å². The Morgan fingerprint density at radius 1 is 1.25 bits per heavy atom. The van der Waals surface area contributed by atoms with Crippen LogP contribution < -0.4 is 10.1 Å². The number of methoxy groups -OCH3 is 1. The molecule has 0 fully saturated rings. The average molecular weight is 270 g/mol. The second-order valence-electron chi connectivity index (χ2n) is 4.40. The van der Waals surface area contributed by atoms with Gasteiger partial charge in [0, 0.05) is 12.1 Å². The van der Waals surface area contributed by atoms with Crippen molar-refractivity contribution >= 4 is 5.69 Å². The highest BCUT2D eigenvalue weighted by molar-refractivity contribution is 5.60. The molecule has 20 heavy (non-hydrogen) atoms. The number of rotatable bonds is 4. The Bertz CT molecular complexity index is 662. The van der Waals surface area contributed by atoms with E-state index < -0.39 is 0 Å². The number of aryl methyl sites for hydroxylation is 1. The maximum atomic E-state index is 14.0. The van der Waals surface area contributed by atoms with Crippen LogP contribution in [0, 0.1) is 24.1 Å². The average Bonchev–Trinajstić information content (AvgIpc) is 2.46. The molecule has 2 aromatic carbocycles. The molecule has 0 atom stereocenters. The first-order valence-electron chi connectivity index (χ1n) is 6.22. The van der Waals surface area contributed by atoms with Gasteiger partial charge in [-0.05, 0) is 24.6 Å². The summed E-state index contributed by atoms with van der Waals surface area (Å²) in [5.74, 6) is -0.164. The fourth-order valence-corrected chi connectivity index (χ4v) is 2.00.